The van der Waals surface area contributed by atoms with Crippen molar-refractivity contribution in [3.05, 3.63) is 24.4 Å². The fraction of sp³-hybridized carbons (Fsp3) is 0.375. The van der Waals surface area contributed by atoms with E-state index in [0.717, 1.165) is 6.54 Å². The van der Waals surface area contributed by atoms with Gasteiger partial charge in [0.2, 0.25) is 0 Å². The number of likely N-dealkylation sites (N-methyl/N-ethyl adjacent to an activating group) is 1. The average Bonchev–Trinajstić information content (AvgIpc) is 2.04. The Kier molecular flexibility index (Phi) is 2.11. The van der Waals surface area contributed by atoms with Crippen LogP contribution in [0.2, 0.25) is 0 Å². The average molecular weight is 134 g/mol. The molecule has 1 unspecified atom stereocenters. The minimum atomic E-state index is -0.0602. The number of allylic oxidation sites excluding steroid dienone is 2. The summed E-state index contributed by atoms with van der Waals surface area (Å²) in [6, 6.07) is 2.13. The second-order valence-electron chi connectivity index (χ2n) is 2.13. The van der Waals surface area contributed by atoms with Crippen molar-refractivity contribution in [3.63, 3.8) is 0 Å². The van der Waals surface area contributed by atoms with Gasteiger partial charge in [-0.3, -0.25) is 0 Å². The monoisotopic (exact) mass is 134 g/mol. The van der Waals surface area contributed by atoms with Gasteiger partial charge in [0.05, 0.1) is 6.07 Å². The summed E-state index contributed by atoms with van der Waals surface area (Å²) in [5.74, 6) is 0. The van der Waals surface area contributed by atoms with Gasteiger partial charge in [-0.15, -0.1) is 0 Å². The molecule has 1 atom stereocenters. The van der Waals surface area contributed by atoms with E-state index in [9.17, 15) is 0 Å². The van der Waals surface area contributed by atoms with E-state index < -0.39 is 0 Å². The van der Waals surface area contributed by atoms with E-state index >= 15 is 0 Å². The molecule has 2 nitrogen and oxygen atoms in total. The molecule has 0 aromatic heterocycles. The quantitative estimate of drug-likeness (QED) is 0.540. The Labute approximate surface area is 61.1 Å². The van der Waals surface area contributed by atoms with Gasteiger partial charge in [-0.25, -0.2) is 0 Å². The zero-order chi connectivity index (χ0) is 7.40. The summed E-state index contributed by atoms with van der Waals surface area (Å²) >= 11 is 0. The molecular formula is C8H10N2. The van der Waals surface area contributed by atoms with Crippen molar-refractivity contribution in [1.29, 1.82) is 5.26 Å². The molecule has 0 fully saturated rings. The molecule has 1 heterocycles. The largest absolute Gasteiger partial charge is 0.359 e. The molecule has 0 aromatic carbocycles. The number of nitrogens with zero attached hydrogens (tertiary/aromatic N) is 2. The lowest BCUT2D eigenvalue weighted by Gasteiger charge is -2.23. The van der Waals surface area contributed by atoms with Crippen molar-refractivity contribution in [2.24, 2.45) is 0 Å². The van der Waals surface area contributed by atoms with Crippen molar-refractivity contribution in [1.82, 2.24) is 4.90 Å². The minimum absolute atomic E-state index is 0.0602. The molecule has 0 saturated carbocycles. The Balaban J connectivity index is 2.66. The van der Waals surface area contributed by atoms with Crippen LogP contribution in [0.5, 0.6) is 0 Å². The van der Waals surface area contributed by atoms with Crippen LogP contribution in [0.25, 0.3) is 0 Å². The Hall–Kier alpha value is -1.23. The van der Waals surface area contributed by atoms with Crippen LogP contribution in [0.3, 0.4) is 0 Å². The predicted octanol–water partition coefficient (Wildman–Crippen LogP) is 1.28. The van der Waals surface area contributed by atoms with E-state index in [1.807, 2.05) is 36.3 Å². The molecule has 0 aromatic rings. The van der Waals surface area contributed by atoms with Crippen LogP contribution < -0.4 is 0 Å². The van der Waals surface area contributed by atoms with Crippen molar-refractivity contribution in [2.45, 2.75) is 13.0 Å². The van der Waals surface area contributed by atoms with Gasteiger partial charge < -0.3 is 4.90 Å². The molecule has 52 valence electrons. The molecule has 0 bridgehead atoms. The summed E-state index contributed by atoms with van der Waals surface area (Å²) in [6.45, 7) is 2.92. The minimum Gasteiger partial charge on any atom is -0.359 e. The first-order valence-corrected chi connectivity index (χ1v) is 3.39. The molecule has 0 saturated heterocycles. The number of hydrogen-bond acceptors (Lipinski definition) is 2. The predicted molar refractivity (Wildman–Crippen MR) is 40.1 cm³/mol. The smallest absolute Gasteiger partial charge is 0.135 e. The third-order valence-electron chi connectivity index (χ3n) is 1.54. The number of nitriles is 1. The summed E-state index contributed by atoms with van der Waals surface area (Å²) in [6.07, 6.45) is 7.68. The van der Waals surface area contributed by atoms with Crippen molar-refractivity contribution >= 4 is 0 Å². The fourth-order valence-corrected chi connectivity index (χ4v) is 0.952. The lowest BCUT2D eigenvalue weighted by atomic mass is 10.2. The van der Waals surface area contributed by atoms with Crippen LogP contribution >= 0.6 is 0 Å². The lowest BCUT2D eigenvalue weighted by Crippen LogP contribution is -2.28. The molecular weight excluding hydrogens is 124 g/mol. The first-order chi connectivity index (χ1) is 4.88. The molecule has 0 amide bonds. The first kappa shape index (κ1) is 6.88. The van der Waals surface area contributed by atoms with Gasteiger partial charge in [-0.1, -0.05) is 6.08 Å². The summed E-state index contributed by atoms with van der Waals surface area (Å²) in [5, 5.41) is 8.62. The highest BCUT2D eigenvalue weighted by molar-refractivity contribution is 5.19. The van der Waals surface area contributed by atoms with E-state index in [-0.39, 0.29) is 6.04 Å². The number of rotatable bonds is 1. The molecule has 2 heteroatoms. The maximum absolute atomic E-state index is 8.62. The fourth-order valence-electron chi connectivity index (χ4n) is 0.952. The van der Waals surface area contributed by atoms with Gasteiger partial charge in [-0.05, 0) is 19.1 Å². The first-order valence-electron chi connectivity index (χ1n) is 3.39. The van der Waals surface area contributed by atoms with E-state index in [1.54, 1.807) is 0 Å². The molecule has 0 spiro atoms. The van der Waals surface area contributed by atoms with E-state index in [4.69, 9.17) is 5.26 Å². The maximum atomic E-state index is 8.62. The van der Waals surface area contributed by atoms with E-state index in [2.05, 4.69) is 6.07 Å². The summed E-state index contributed by atoms with van der Waals surface area (Å²) in [5.41, 5.74) is 0. The zero-order valence-corrected chi connectivity index (χ0v) is 5.99. The topological polar surface area (TPSA) is 27.0 Å². The second-order valence-corrected chi connectivity index (χ2v) is 2.13. The maximum Gasteiger partial charge on any atom is 0.135 e. The van der Waals surface area contributed by atoms with Crippen LogP contribution in [0, 0.1) is 11.3 Å². The van der Waals surface area contributed by atoms with Crippen LogP contribution in [0.4, 0.5) is 0 Å². The van der Waals surface area contributed by atoms with Crippen LogP contribution in [0.1, 0.15) is 6.92 Å². The summed E-state index contributed by atoms with van der Waals surface area (Å²) in [7, 11) is 0. The Bertz CT molecular complexity index is 198. The van der Waals surface area contributed by atoms with Gasteiger partial charge >= 0.3 is 0 Å². The lowest BCUT2D eigenvalue weighted by molar-refractivity contribution is 0.381. The van der Waals surface area contributed by atoms with Crippen molar-refractivity contribution in [3.8, 4) is 6.07 Å². The highest BCUT2D eigenvalue weighted by Crippen LogP contribution is 2.05. The third-order valence-corrected chi connectivity index (χ3v) is 1.54. The van der Waals surface area contributed by atoms with E-state index in [1.165, 1.54) is 0 Å². The van der Waals surface area contributed by atoms with Crippen molar-refractivity contribution < 1.29 is 0 Å². The molecule has 10 heavy (non-hydrogen) atoms. The summed E-state index contributed by atoms with van der Waals surface area (Å²) in [4.78, 5) is 1.99. The third kappa shape index (κ3) is 1.19. The SMILES string of the molecule is CCN1C=CC=CC1C#N. The molecule has 0 aliphatic carbocycles. The molecule has 0 N–H and O–H groups in total. The molecule has 1 aliphatic rings. The molecule has 1 rings (SSSR count). The van der Waals surface area contributed by atoms with Gasteiger partial charge in [-0.2, -0.15) is 5.26 Å². The zero-order valence-electron chi connectivity index (χ0n) is 5.99. The van der Waals surface area contributed by atoms with Crippen LogP contribution in [-0.2, 0) is 0 Å². The highest BCUT2D eigenvalue weighted by atomic mass is 15.1. The second kappa shape index (κ2) is 3.07. The summed E-state index contributed by atoms with van der Waals surface area (Å²) < 4.78 is 0. The van der Waals surface area contributed by atoms with Crippen molar-refractivity contribution in [2.75, 3.05) is 6.54 Å². The normalized spacial score (nSPS) is 22.8. The van der Waals surface area contributed by atoms with Gasteiger partial charge in [0.25, 0.3) is 0 Å². The van der Waals surface area contributed by atoms with Gasteiger partial charge in [0.15, 0.2) is 0 Å². The van der Waals surface area contributed by atoms with Gasteiger partial charge in [0, 0.05) is 12.7 Å². The number of hydrogen-bond donors (Lipinski definition) is 0. The van der Waals surface area contributed by atoms with E-state index in [0.29, 0.717) is 0 Å². The Morgan fingerprint density at radius 1 is 1.60 bits per heavy atom. The van der Waals surface area contributed by atoms with Crippen LogP contribution in [0.15, 0.2) is 24.4 Å². The highest BCUT2D eigenvalue weighted by Gasteiger charge is 2.09. The standard InChI is InChI=1S/C8H10N2/c1-2-10-6-4-3-5-8(10)7-9/h3-6,8H,2H2,1H3. The molecule has 0 radical (unpaired) electrons. The Morgan fingerprint density at radius 3 is 2.90 bits per heavy atom. The Morgan fingerprint density at radius 2 is 2.40 bits per heavy atom. The van der Waals surface area contributed by atoms with Gasteiger partial charge in [0.1, 0.15) is 6.04 Å². The van der Waals surface area contributed by atoms with Crippen LogP contribution in [-0.4, -0.2) is 17.5 Å². The molecule has 1 aliphatic heterocycles.